The second kappa shape index (κ2) is 4.31. The summed E-state index contributed by atoms with van der Waals surface area (Å²) in [5.41, 5.74) is -0.758. The van der Waals surface area contributed by atoms with Gasteiger partial charge in [-0.3, -0.25) is 0 Å². The lowest BCUT2D eigenvalue weighted by Gasteiger charge is -2.06. The number of aliphatic hydroxyl groups is 1. The quantitative estimate of drug-likeness (QED) is 0.773. The molecule has 0 spiro atoms. The highest BCUT2D eigenvalue weighted by Gasteiger charge is 2.19. The number of nitriles is 1. The largest absolute Gasteiger partial charge is 0.390 e. The summed E-state index contributed by atoms with van der Waals surface area (Å²) in [6.45, 7) is -0.447. The molecule has 1 N–H and O–H groups in total. The maximum Gasteiger partial charge on any atom is 0.268 e. The van der Waals surface area contributed by atoms with Crippen LogP contribution in [0.3, 0.4) is 0 Å². The van der Waals surface area contributed by atoms with Crippen molar-refractivity contribution >= 4 is 11.6 Å². The minimum atomic E-state index is -2.85. The molecule has 0 unspecified atom stereocenters. The number of pyridine rings is 1. The summed E-state index contributed by atoms with van der Waals surface area (Å²) in [6, 6.07) is 2.67. The van der Waals surface area contributed by atoms with Crippen LogP contribution in [-0.4, -0.2) is 10.1 Å². The van der Waals surface area contributed by atoms with Crippen molar-refractivity contribution in [3.63, 3.8) is 0 Å². The molecule has 0 aliphatic heterocycles. The van der Waals surface area contributed by atoms with Crippen LogP contribution in [0.25, 0.3) is 0 Å². The van der Waals surface area contributed by atoms with E-state index < -0.39 is 23.7 Å². The SMILES string of the molecule is N#Cc1cc(CO)nc(Cl)c1C(F)F. The predicted octanol–water partition coefficient (Wildman–Crippen LogP) is 2.04. The van der Waals surface area contributed by atoms with Gasteiger partial charge in [0.2, 0.25) is 0 Å². The van der Waals surface area contributed by atoms with Gasteiger partial charge in [-0.15, -0.1) is 0 Å². The van der Waals surface area contributed by atoms with Crippen molar-refractivity contribution in [2.45, 2.75) is 13.0 Å². The summed E-state index contributed by atoms with van der Waals surface area (Å²) in [4.78, 5) is 3.51. The van der Waals surface area contributed by atoms with E-state index in [1.54, 1.807) is 6.07 Å². The van der Waals surface area contributed by atoms with E-state index in [-0.39, 0.29) is 11.3 Å². The van der Waals surface area contributed by atoms with Crippen molar-refractivity contribution < 1.29 is 13.9 Å². The van der Waals surface area contributed by atoms with E-state index in [1.165, 1.54) is 0 Å². The van der Waals surface area contributed by atoms with Gasteiger partial charge in [-0.2, -0.15) is 5.26 Å². The zero-order chi connectivity index (χ0) is 10.7. The third-order valence-electron chi connectivity index (χ3n) is 1.57. The molecule has 1 rings (SSSR count). The Morgan fingerprint density at radius 2 is 2.29 bits per heavy atom. The Bertz CT molecular complexity index is 390. The van der Waals surface area contributed by atoms with Crippen LogP contribution < -0.4 is 0 Å². The standard InChI is InChI=1S/C8H5ClF2N2O/c9-7-6(8(10)11)4(2-12)1-5(3-14)13-7/h1,8,14H,3H2. The molecule has 0 aliphatic carbocycles. The van der Waals surface area contributed by atoms with E-state index in [1.807, 2.05) is 0 Å². The highest BCUT2D eigenvalue weighted by Crippen LogP contribution is 2.29. The molecule has 14 heavy (non-hydrogen) atoms. The van der Waals surface area contributed by atoms with E-state index >= 15 is 0 Å². The highest BCUT2D eigenvalue weighted by molar-refractivity contribution is 6.30. The van der Waals surface area contributed by atoms with Crippen molar-refractivity contribution in [1.29, 1.82) is 5.26 Å². The lowest BCUT2D eigenvalue weighted by Crippen LogP contribution is -1.99. The van der Waals surface area contributed by atoms with E-state index in [9.17, 15) is 8.78 Å². The second-order valence-corrected chi connectivity index (χ2v) is 2.79. The van der Waals surface area contributed by atoms with Crippen molar-refractivity contribution in [2.75, 3.05) is 0 Å². The Labute approximate surface area is 83.6 Å². The molecule has 0 saturated heterocycles. The number of alkyl halides is 2. The van der Waals surface area contributed by atoms with Gasteiger partial charge in [0, 0.05) is 0 Å². The van der Waals surface area contributed by atoms with Crippen LogP contribution in [0.1, 0.15) is 23.2 Å². The molecular weight excluding hydrogens is 214 g/mol. The highest BCUT2D eigenvalue weighted by atomic mass is 35.5. The van der Waals surface area contributed by atoms with Gasteiger partial charge in [0.1, 0.15) is 5.15 Å². The zero-order valence-corrected chi connectivity index (χ0v) is 7.59. The maximum atomic E-state index is 12.4. The first-order valence-corrected chi connectivity index (χ1v) is 3.96. The van der Waals surface area contributed by atoms with Gasteiger partial charge in [-0.05, 0) is 6.07 Å². The van der Waals surface area contributed by atoms with E-state index in [4.69, 9.17) is 22.0 Å². The number of nitrogens with zero attached hydrogens (tertiary/aromatic N) is 2. The number of rotatable bonds is 2. The van der Waals surface area contributed by atoms with Crippen LogP contribution in [0.4, 0.5) is 8.78 Å². The molecule has 1 heterocycles. The second-order valence-electron chi connectivity index (χ2n) is 2.44. The predicted molar refractivity (Wildman–Crippen MR) is 44.8 cm³/mol. The normalized spacial score (nSPS) is 10.3. The van der Waals surface area contributed by atoms with Gasteiger partial charge in [0.25, 0.3) is 6.43 Å². The molecule has 0 bridgehead atoms. The summed E-state index contributed by atoms with van der Waals surface area (Å²) in [6.07, 6.45) is -2.85. The number of hydrogen-bond acceptors (Lipinski definition) is 3. The van der Waals surface area contributed by atoms with Crippen molar-refractivity contribution in [2.24, 2.45) is 0 Å². The topological polar surface area (TPSA) is 56.9 Å². The smallest absolute Gasteiger partial charge is 0.268 e. The summed E-state index contributed by atoms with van der Waals surface area (Å²) in [5, 5.41) is 16.8. The van der Waals surface area contributed by atoms with Crippen LogP contribution in [-0.2, 0) is 6.61 Å². The Hall–Kier alpha value is -1.25. The fourth-order valence-corrected chi connectivity index (χ4v) is 1.25. The molecule has 1 aromatic rings. The number of halogens is 3. The maximum absolute atomic E-state index is 12.4. The first kappa shape index (κ1) is 10.8. The van der Waals surface area contributed by atoms with Gasteiger partial charge < -0.3 is 5.11 Å². The fourth-order valence-electron chi connectivity index (χ4n) is 0.955. The molecule has 0 amide bonds. The minimum absolute atomic E-state index is 0.0935. The van der Waals surface area contributed by atoms with Gasteiger partial charge in [0.05, 0.1) is 29.5 Å². The molecule has 0 aromatic carbocycles. The third kappa shape index (κ3) is 1.97. The molecule has 74 valence electrons. The summed E-state index contributed by atoms with van der Waals surface area (Å²) in [5.74, 6) is 0. The molecule has 3 nitrogen and oxygen atoms in total. The number of aliphatic hydroxyl groups excluding tert-OH is 1. The van der Waals surface area contributed by atoms with E-state index in [0.29, 0.717) is 0 Å². The molecule has 1 aromatic heterocycles. The Morgan fingerprint density at radius 1 is 1.64 bits per heavy atom. The Morgan fingerprint density at radius 3 is 2.71 bits per heavy atom. The summed E-state index contributed by atoms with van der Waals surface area (Å²) in [7, 11) is 0. The van der Waals surface area contributed by atoms with Crippen molar-refractivity contribution in [3.05, 3.63) is 28.0 Å². The van der Waals surface area contributed by atoms with Crippen LogP contribution in [0.2, 0.25) is 5.15 Å². The van der Waals surface area contributed by atoms with E-state index in [0.717, 1.165) is 6.07 Å². The first-order valence-electron chi connectivity index (χ1n) is 3.58. The lowest BCUT2D eigenvalue weighted by molar-refractivity contribution is 0.150. The van der Waals surface area contributed by atoms with Crippen LogP contribution in [0.15, 0.2) is 6.07 Å². The lowest BCUT2D eigenvalue weighted by atomic mass is 10.1. The minimum Gasteiger partial charge on any atom is -0.390 e. The van der Waals surface area contributed by atoms with Gasteiger partial charge in [0.15, 0.2) is 0 Å². The fraction of sp³-hybridized carbons (Fsp3) is 0.250. The van der Waals surface area contributed by atoms with Crippen molar-refractivity contribution in [1.82, 2.24) is 4.98 Å². The van der Waals surface area contributed by atoms with Gasteiger partial charge in [-0.25, -0.2) is 13.8 Å². The first-order chi connectivity index (χ1) is 6.60. The zero-order valence-electron chi connectivity index (χ0n) is 6.84. The third-order valence-corrected chi connectivity index (χ3v) is 1.85. The molecule has 0 radical (unpaired) electrons. The van der Waals surface area contributed by atoms with Gasteiger partial charge >= 0.3 is 0 Å². The number of aromatic nitrogens is 1. The van der Waals surface area contributed by atoms with Crippen LogP contribution in [0, 0.1) is 11.3 Å². The summed E-state index contributed by atoms with van der Waals surface area (Å²) < 4.78 is 24.7. The monoisotopic (exact) mass is 218 g/mol. The average Bonchev–Trinajstić information content (AvgIpc) is 2.15. The molecule has 0 saturated carbocycles. The van der Waals surface area contributed by atoms with Crippen molar-refractivity contribution in [3.8, 4) is 6.07 Å². The summed E-state index contributed by atoms with van der Waals surface area (Å²) >= 11 is 5.43. The molecule has 0 fully saturated rings. The van der Waals surface area contributed by atoms with Crippen LogP contribution in [0.5, 0.6) is 0 Å². The van der Waals surface area contributed by atoms with Crippen LogP contribution >= 0.6 is 11.6 Å². The van der Waals surface area contributed by atoms with E-state index in [2.05, 4.69) is 4.98 Å². The number of hydrogen-bond donors (Lipinski definition) is 1. The Kier molecular flexibility index (Phi) is 3.33. The molecule has 0 aliphatic rings. The molecule has 6 heteroatoms. The van der Waals surface area contributed by atoms with Gasteiger partial charge in [-0.1, -0.05) is 11.6 Å². The molecular formula is C8H5ClF2N2O. The Balaban J connectivity index is 3.37. The molecule has 0 atom stereocenters. The average molecular weight is 219 g/mol.